The molecule has 1 aromatic rings. The molecular weight excluding hydrogens is 329 g/mol. The van der Waals surface area contributed by atoms with Crippen molar-refractivity contribution in [2.45, 2.75) is 45.3 Å². The van der Waals surface area contributed by atoms with Crippen LogP contribution in [-0.4, -0.2) is 39.1 Å². The molecule has 138 valence electrons. The summed E-state index contributed by atoms with van der Waals surface area (Å²) in [6, 6.07) is 4.32. The first kappa shape index (κ1) is 19.9. The second-order valence-electron chi connectivity index (χ2n) is 7.01. The van der Waals surface area contributed by atoms with Gasteiger partial charge in [-0.25, -0.2) is 8.78 Å². The van der Waals surface area contributed by atoms with Gasteiger partial charge in [0.2, 0.25) is 0 Å². The zero-order valence-corrected chi connectivity index (χ0v) is 15.6. The molecule has 0 aromatic heterocycles. The smallest absolute Gasteiger partial charge is 0.494 e. The highest BCUT2D eigenvalue weighted by atomic mass is 19.1. The van der Waals surface area contributed by atoms with E-state index < -0.39 is 29.9 Å². The van der Waals surface area contributed by atoms with E-state index in [9.17, 15) is 4.39 Å². The van der Waals surface area contributed by atoms with Crippen molar-refractivity contribution in [1.29, 1.82) is 0 Å². The fraction of sp³-hybridized carbons (Fsp3) is 0.556. The third-order valence-corrected chi connectivity index (χ3v) is 4.80. The summed E-state index contributed by atoms with van der Waals surface area (Å²) in [5.74, 6) is -0.456. The molecule has 1 aliphatic rings. The summed E-state index contributed by atoms with van der Waals surface area (Å²) in [5, 5.41) is 0. The summed E-state index contributed by atoms with van der Waals surface area (Å²) >= 11 is 0. The number of ether oxygens (including phenoxy) is 2. The fourth-order valence-electron chi connectivity index (χ4n) is 2.55. The maximum absolute atomic E-state index is 15.2. The van der Waals surface area contributed by atoms with Gasteiger partial charge in [0.15, 0.2) is 11.6 Å². The van der Waals surface area contributed by atoms with E-state index in [0.29, 0.717) is 11.1 Å². The van der Waals surface area contributed by atoms with Crippen LogP contribution >= 0.6 is 0 Å². The number of hydrogen-bond donors (Lipinski definition) is 0. The van der Waals surface area contributed by atoms with Crippen molar-refractivity contribution in [3.8, 4) is 5.75 Å². The van der Waals surface area contributed by atoms with Crippen molar-refractivity contribution in [2.75, 3.05) is 20.8 Å². The first-order valence-electron chi connectivity index (χ1n) is 8.20. The minimum absolute atomic E-state index is 0.103. The lowest BCUT2D eigenvalue weighted by Gasteiger charge is -2.32. The van der Waals surface area contributed by atoms with Gasteiger partial charge in [0.05, 0.1) is 24.9 Å². The van der Waals surface area contributed by atoms with Crippen LogP contribution < -0.4 is 4.74 Å². The Morgan fingerprint density at radius 1 is 1.12 bits per heavy atom. The van der Waals surface area contributed by atoms with Crippen molar-refractivity contribution >= 4 is 12.7 Å². The summed E-state index contributed by atoms with van der Waals surface area (Å²) < 4.78 is 50.8. The number of rotatable bonds is 6. The fourth-order valence-corrected chi connectivity index (χ4v) is 2.55. The van der Waals surface area contributed by atoms with Crippen molar-refractivity contribution in [1.82, 2.24) is 0 Å². The summed E-state index contributed by atoms with van der Waals surface area (Å²) in [7, 11) is 1.77. The lowest BCUT2D eigenvalue weighted by Crippen LogP contribution is -2.41. The van der Waals surface area contributed by atoms with Gasteiger partial charge >= 0.3 is 7.12 Å². The van der Waals surface area contributed by atoms with Gasteiger partial charge in [0.25, 0.3) is 0 Å². The Hall–Kier alpha value is -1.44. The monoisotopic (exact) mass is 354 g/mol. The minimum atomic E-state index is -1.14. The third-order valence-electron chi connectivity index (χ3n) is 4.80. The molecular formula is C18H25BF2O4. The molecule has 7 heteroatoms. The van der Waals surface area contributed by atoms with Crippen LogP contribution in [0.3, 0.4) is 0 Å². The SMILES string of the molecule is COCCC(=C(F)B1OC(C)(C)C(C)(C)O1)c1ccc(OC)c(F)c1. The Labute approximate surface area is 148 Å². The van der Waals surface area contributed by atoms with E-state index in [1.54, 1.807) is 6.07 Å². The number of halogens is 2. The molecule has 0 saturated carbocycles. The Kier molecular flexibility index (Phi) is 5.91. The maximum atomic E-state index is 15.2. The molecule has 4 nitrogen and oxygen atoms in total. The van der Waals surface area contributed by atoms with Gasteiger partial charge in [-0.05, 0) is 57.4 Å². The van der Waals surface area contributed by atoms with Crippen LogP contribution in [0.2, 0.25) is 0 Å². The predicted octanol–water partition coefficient (Wildman–Crippen LogP) is 4.18. The van der Waals surface area contributed by atoms with Crippen LogP contribution in [0.5, 0.6) is 5.75 Å². The highest BCUT2D eigenvalue weighted by molar-refractivity contribution is 6.55. The highest BCUT2D eigenvalue weighted by Crippen LogP contribution is 2.40. The number of hydrogen-bond acceptors (Lipinski definition) is 4. The first-order valence-corrected chi connectivity index (χ1v) is 8.20. The zero-order valence-electron chi connectivity index (χ0n) is 15.6. The topological polar surface area (TPSA) is 36.9 Å². The van der Waals surface area contributed by atoms with Crippen molar-refractivity contribution < 1.29 is 27.6 Å². The molecule has 0 amide bonds. The van der Waals surface area contributed by atoms with Gasteiger partial charge in [-0.3, -0.25) is 0 Å². The Morgan fingerprint density at radius 3 is 2.20 bits per heavy atom. The Morgan fingerprint density at radius 2 is 1.72 bits per heavy atom. The quantitative estimate of drug-likeness (QED) is 0.718. The van der Waals surface area contributed by atoms with Crippen LogP contribution in [0.25, 0.3) is 5.57 Å². The van der Waals surface area contributed by atoms with Crippen LogP contribution in [-0.2, 0) is 14.0 Å². The van der Waals surface area contributed by atoms with E-state index in [2.05, 4.69) is 0 Å². The molecule has 0 aliphatic carbocycles. The largest absolute Gasteiger partial charge is 0.525 e. The second kappa shape index (κ2) is 7.44. The minimum Gasteiger partial charge on any atom is -0.494 e. The molecule has 0 atom stereocenters. The average Bonchev–Trinajstić information content (AvgIpc) is 2.76. The molecule has 0 radical (unpaired) electrons. The maximum Gasteiger partial charge on any atom is 0.525 e. The number of methoxy groups -OCH3 is 2. The van der Waals surface area contributed by atoms with Crippen LogP contribution in [0, 0.1) is 5.82 Å². The highest BCUT2D eigenvalue weighted by Gasteiger charge is 2.53. The lowest BCUT2D eigenvalue weighted by atomic mass is 9.82. The molecule has 1 saturated heterocycles. The van der Waals surface area contributed by atoms with Crippen LogP contribution in [0.4, 0.5) is 8.78 Å². The van der Waals surface area contributed by atoms with Crippen LogP contribution in [0.15, 0.2) is 23.9 Å². The van der Waals surface area contributed by atoms with E-state index >= 15 is 4.39 Å². The van der Waals surface area contributed by atoms with Crippen LogP contribution in [0.1, 0.15) is 39.7 Å². The molecule has 0 bridgehead atoms. The molecule has 0 N–H and O–H groups in total. The molecule has 0 spiro atoms. The normalized spacial score (nSPS) is 19.8. The van der Waals surface area contributed by atoms with Gasteiger partial charge in [-0.15, -0.1) is 0 Å². The molecule has 25 heavy (non-hydrogen) atoms. The summed E-state index contributed by atoms with van der Waals surface area (Å²) in [6.45, 7) is 7.69. The molecule has 2 rings (SSSR count). The number of benzene rings is 1. The lowest BCUT2D eigenvalue weighted by molar-refractivity contribution is 0.00578. The van der Waals surface area contributed by atoms with Gasteiger partial charge in [0.1, 0.15) is 5.73 Å². The standard InChI is InChI=1S/C18H25BF2O4/c1-17(2)18(3,4)25-19(24-17)16(21)13(9-10-22-5)12-7-8-15(23-6)14(20)11-12/h7-8,11H,9-10H2,1-6H3. The Bertz CT molecular complexity index is 642. The van der Waals surface area contributed by atoms with Crippen molar-refractivity contribution in [2.24, 2.45) is 0 Å². The first-order chi connectivity index (χ1) is 11.6. The van der Waals surface area contributed by atoms with E-state index in [-0.39, 0.29) is 18.8 Å². The second-order valence-corrected chi connectivity index (χ2v) is 7.01. The van der Waals surface area contributed by atoms with E-state index in [4.69, 9.17) is 18.8 Å². The summed E-state index contributed by atoms with van der Waals surface area (Å²) in [6.07, 6.45) is 0.262. The van der Waals surface area contributed by atoms with E-state index in [1.165, 1.54) is 26.4 Å². The average molecular weight is 354 g/mol. The van der Waals surface area contributed by atoms with Gasteiger partial charge in [-0.1, -0.05) is 6.07 Å². The zero-order chi connectivity index (χ0) is 18.8. The molecule has 1 fully saturated rings. The summed E-state index contributed by atoms with van der Waals surface area (Å²) in [5.41, 5.74) is -1.19. The van der Waals surface area contributed by atoms with Crippen molar-refractivity contribution in [3.05, 3.63) is 35.3 Å². The van der Waals surface area contributed by atoms with Gasteiger partial charge < -0.3 is 18.8 Å². The molecule has 1 aromatic carbocycles. The van der Waals surface area contributed by atoms with Gasteiger partial charge in [0, 0.05) is 7.11 Å². The Balaban J connectivity index is 2.42. The molecule has 1 heterocycles. The summed E-state index contributed by atoms with van der Waals surface area (Å²) in [4.78, 5) is 0. The third kappa shape index (κ3) is 4.05. The van der Waals surface area contributed by atoms with E-state index in [1.807, 2.05) is 27.7 Å². The van der Waals surface area contributed by atoms with E-state index in [0.717, 1.165) is 0 Å². The van der Waals surface area contributed by atoms with Gasteiger partial charge in [-0.2, -0.15) is 0 Å². The molecule has 1 aliphatic heterocycles. The molecule has 0 unspecified atom stereocenters. The van der Waals surface area contributed by atoms with Crippen molar-refractivity contribution in [3.63, 3.8) is 0 Å². The predicted molar refractivity (Wildman–Crippen MR) is 93.6 cm³/mol.